The standard InChI is InChI=1S/C16H25BrN2S/c1-12(2)14-10-19(9-13-5-6-15(17)20-13)16(11-18-14)7-3-4-8-16/h5-6,12,14,18H,3-4,7-11H2,1-2H3. The minimum absolute atomic E-state index is 0.432. The molecular weight excluding hydrogens is 332 g/mol. The van der Waals surface area contributed by atoms with Crippen molar-refractivity contribution in [2.45, 2.75) is 57.7 Å². The van der Waals surface area contributed by atoms with Gasteiger partial charge in [0.05, 0.1) is 3.79 Å². The van der Waals surface area contributed by atoms with Gasteiger partial charge in [0.15, 0.2) is 0 Å². The molecule has 0 amide bonds. The third-order valence-corrected chi connectivity index (χ3v) is 6.70. The van der Waals surface area contributed by atoms with Crippen LogP contribution in [-0.4, -0.2) is 29.6 Å². The first-order valence-corrected chi connectivity index (χ1v) is 9.43. The molecule has 1 N–H and O–H groups in total. The topological polar surface area (TPSA) is 15.3 Å². The Labute approximate surface area is 135 Å². The van der Waals surface area contributed by atoms with Crippen LogP contribution in [0.1, 0.15) is 44.4 Å². The van der Waals surface area contributed by atoms with Gasteiger partial charge in [-0.2, -0.15) is 0 Å². The number of nitrogens with zero attached hydrogens (tertiary/aromatic N) is 1. The van der Waals surface area contributed by atoms with E-state index in [9.17, 15) is 0 Å². The molecule has 0 bridgehead atoms. The van der Waals surface area contributed by atoms with Crippen LogP contribution in [0.5, 0.6) is 0 Å². The first kappa shape index (κ1) is 15.0. The molecule has 1 aliphatic carbocycles. The molecule has 3 rings (SSSR count). The third kappa shape index (κ3) is 2.99. The largest absolute Gasteiger partial charge is 0.311 e. The lowest BCUT2D eigenvalue weighted by Gasteiger charge is -2.49. The fourth-order valence-corrected chi connectivity index (χ4v) is 5.26. The molecule has 2 aliphatic rings. The van der Waals surface area contributed by atoms with Crippen molar-refractivity contribution in [1.29, 1.82) is 0 Å². The lowest BCUT2D eigenvalue weighted by Crippen LogP contribution is -2.64. The van der Waals surface area contributed by atoms with Crippen LogP contribution in [0.4, 0.5) is 0 Å². The van der Waals surface area contributed by atoms with Crippen molar-refractivity contribution in [3.05, 3.63) is 20.8 Å². The van der Waals surface area contributed by atoms with Crippen molar-refractivity contribution >= 4 is 27.3 Å². The number of piperazine rings is 1. The highest BCUT2D eigenvalue weighted by atomic mass is 79.9. The molecule has 1 atom stereocenters. The molecule has 1 spiro atoms. The Morgan fingerprint density at radius 2 is 2.15 bits per heavy atom. The predicted molar refractivity (Wildman–Crippen MR) is 90.3 cm³/mol. The molecule has 2 heterocycles. The van der Waals surface area contributed by atoms with Crippen molar-refractivity contribution in [3.63, 3.8) is 0 Å². The van der Waals surface area contributed by atoms with E-state index < -0.39 is 0 Å². The lowest BCUT2D eigenvalue weighted by molar-refractivity contribution is 0.0269. The lowest BCUT2D eigenvalue weighted by atomic mass is 9.88. The number of halogens is 1. The molecule has 1 aromatic heterocycles. The summed E-state index contributed by atoms with van der Waals surface area (Å²) in [5, 5.41) is 3.82. The molecule has 2 nitrogen and oxygen atoms in total. The van der Waals surface area contributed by atoms with Crippen LogP contribution < -0.4 is 5.32 Å². The summed E-state index contributed by atoms with van der Waals surface area (Å²) in [5.41, 5.74) is 0.432. The van der Waals surface area contributed by atoms with Crippen molar-refractivity contribution in [2.24, 2.45) is 5.92 Å². The minimum atomic E-state index is 0.432. The van der Waals surface area contributed by atoms with Gasteiger partial charge in [-0.05, 0) is 46.8 Å². The van der Waals surface area contributed by atoms with Gasteiger partial charge in [-0.15, -0.1) is 11.3 Å². The Morgan fingerprint density at radius 3 is 2.75 bits per heavy atom. The monoisotopic (exact) mass is 356 g/mol. The molecule has 2 fully saturated rings. The summed E-state index contributed by atoms with van der Waals surface area (Å²) in [4.78, 5) is 4.28. The molecule has 4 heteroatoms. The number of hydrogen-bond donors (Lipinski definition) is 1. The van der Waals surface area contributed by atoms with E-state index in [2.05, 4.69) is 52.1 Å². The van der Waals surface area contributed by atoms with E-state index in [1.807, 2.05) is 11.3 Å². The Balaban J connectivity index is 1.77. The summed E-state index contributed by atoms with van der Waals surface area (Å²) in [7, 11) is 0. The molecule has 1 unspecified atom stereocenters. The fourth-order valence-electron chi connectivity index (χ4n) is 3.76. The van der Waals surface area contributed by atoms with Crippen molar-refractivity contribution in [2.75, 3.05) is 13.1 Å². The van der Waals surface area contributed by atoms with Crippen LogP contribution in [-0.2, 0) is 6.54 Å². The van der Waals surface area contributed by atoms with E-state index in [4.69, 9.17) is 0 Å². The number of hydrogen-bond acceptors (Lipinski definition) is 3. The summed E-state index contributed by atoms with van der Waals surface area (Å²) in [5.74, 6) is 0.714. The molecule has 0 aromatic carbocycles. The molecule has 1 saturated heterocycles. The molecule has 1 saturated carbocycles. The zero-order valence-corrected chi connectivity index (χ0v) is 14.9. The van der Waals surface area contributed by atoms with E-state index in [-0.39, 0.29) is 0 Å². The van der Waals surface area contributed by atoms with Gasteiger partial charge in [0, 0.05) is 36.1 Å². The quantitative estimate of drug-likeness (QED) is 0.870. The molecule has 0 radical (unpaired) electrons. The van der Waals surface area contributed by atoms with Crippen LogP contribution in [0.15, 0.2) is 15.9 Å². The smallest absolute Gasteiger partial charge is 0.0701 e. The maximum atomic E-state index is 3.82. The second-order valence-corrected chi connectivity index (χ2v) is 9.30. The minimum Gasteiger partial charge on any atom is -0.311 e. The van der Waals surface area contributed by atoms with Crippen LogP contribution in [0.25, 0.3) is 0 Å². The highest BCUT2D eigenvalue weighted by Gasteiger charge is 2.43. The van der Waals surface area contributed by atoms with Crippen molar-refractivity contribution in [1.82, 2.24) is 10.2 Å². The zero-order valence-electron chi connectivity index (χ0n) is 12.5. The summed E-state index contributed by atoms with van der Waals surface area (Å²) in [6.07, 6.45) is 5.55. The van der Waals surface area contributed by atoms with Gasteiger partial charge in [0.25, 0.3) is 0 Å². The van der Waals surface area contributed by atoms with E-state index in [0.717, 1.165) is 6.54 Å². The molecule has 112 valence electrons. The van der Waals surface area contributed by atoms with Crippen molar-refractivity contribution in [3.8, 4) is 0 Å². The summed E-state index contributed by atoms with van der Waals surface area (Å²) >= 11 is 5.48. The van der Waals surface area contributed by atoms with Gasteiger partial charge >= 0.3 is 0 Å². The maximum Gasteiger partial charge on any atom is 0.0701 e. The summed E-state index contributed by atoms with van der Waals surface area (Å²) < 4.78 is 1.25. The molecular formula is C16H25BrN2S. The Morgan fingerprint density at radius 1 is 1.40 bits per heavy atom. The van der Waals surface area contributed by atoms with Crippen LogP contribution >= 0.6 is 27.3 Å². The first-order valence-electron chi connectivity index (χ1n) is 7.82. The summed E-state index contributed by atoms with van der Waals surface area (Å²) in [6.45, 7) is 8.19. The van der Waals surface area contributed by atoms with Crippen molar-refractivity contribution < 1.29 is 0 Å². The third-order valence-electron chi connectivity index (χ3n) is 5.10. The Kier molecular flexibility index (Phi) is 4.56. The Hall–Kier alpha value is 0.1000. The second kappa shape index (κ2) is 6.07. The van der Waals surface area contributed by atoms with Gasteiger partial charge in [0.2, 0.25) is 0 Å². The van der Waals surface area contributed by atoms with Gasteiger partial charge in [-0.3, -0.25) is 4.90 Å². The number of nitrogens with one attached hydrogen (secondary N) is 1. The maximum absolute atomic E-state index is 3.82. The van der Waals surface area contributed by atoms with E-state index in [1.165, 1.54) is 47.4 Å². The highest BCUT2D eigenvalue weighted by molar-refractivity contribution is 9.11. The normalized spacial score (nSPS) is 26.7. The Bertz CT molecular complexity index is 451. The van der Waals surface area contributed by atoms with Crippen LogP contribution in [0.3, 0.4) is 0 Å². The van der Waals surface area contributed by atoms with Gasteiger partial charge in [-0.25, -0.2) is 0 Å². The van der Waals surface area contributed by atoms with E-state index in [1.54, 1.807) is 0 Å². The number of thiophene rings is 1. The molecule has 1 aliphatic heterocycles. The summed E-state index contributed by atoms with van der Waals surface area (Å²) in [6, 6.07) is 5.11. The highest BCUT2D eigenvalue weighted by Crippen LogP contribution is 2.39. The van der Waals surface area contributed by atoms with E-state index >= 15 is 0 Å². The average molecular weight is 357 g/mol. The average Bonchev–Trinajstić information content (AvgIpc) is 3.02. The SMILES string of the molecule is CC(C)C1CN(Cc2ccc(Br)s2)C2(CCCC2)CN1. The number of rotatable bonds is 3. The molecule has 20 heavy (non-hydrogen) atoms. The zero-order chi connectivity index (χ0) is 14.2. The van der Waals surface area contributed by atoms with Gasteiger partial charge in [0.1, 0.15) is 0 Å². The fraction of sp³-hybridized carbons (Fsp3) is 0.750. The van der Waals surface area contributed by atoms with Crippen LogP contribution in [0.2, 0.25) is 0 Å². The van der Waals surface area contributed by atoms with Crippen LogP contribution in [0, 0.1) is 5.92 Å². The van der Waals surface area contributed by atoms with Gasteiger partial charge < -0.3 is 5.32 Å². The first-order chi connectivity index (χ1) is 9.59. The molecule has 1 aromatic rings. The predicted octanol–water partition coefficient (Wildman–Crippen LogP) is 4.25. The second-order valence-electron chi connectivity index (χ2n) is 6.75. The van der Waals surface area contributed by atoms with E-state index in [0.29, 0.717) is 17.5 Å². The van der Waals surface area contributed by atoms with Gasteiger partial charge in [-0.1, -0.05) is 26.7 Å².